The Kier molecular flexibility index (Phi) is 16.7. The highest BCUT2D eigenvalue weighted by atomic mass is 35.5. The molecule has 3 N–H and O–H groups in total. The lowest BCUT2D eigenvalue weighted by Gasteiger charge is -2.31. The molecule has 5 heterocycles. The monoisotopic (exact) mass is 1100 g/mol. The Morgan fingerprint density at radius 1 is 0.974 bits per heavy atom. The number of hydrogen-bond donors (Lipinski definition) is 2. The van der Waals surface area contributed by atoms with Gasteiger partial charge in [0, 0.05) is 65.1 Å². The molecule has 0 radical (unpaired) electrons. The molecule has 2 saturated heterocycles. The van der Waals surface area contributed by atoms with Crippen LogP contribution in [0.2, 0.25) is 30.7 Å². The topological polar surface area (TPSA) is 151 Å². The Morgan fingerprint density at radius 3 is 2.26 bits per heavy atom. The second-order valence-corrected chi connectivity index (χ2v) is 27.6. The minimum Gasteiger partial charge on any atom is -0.497 e. The molecule has 9 rings (SSSR count). The van der Waals surface area contributed by atoms with Crippen LogP contribution >= 0.6 is 11.6 Å². The van der Waals surface area contributed by atoms with Crippen LogP contribution in [0.4, 0.5) is 33.6 Å². The zero-order valence-electron chi connectivity index (χ0n) is 44.2. The fourth-order valence-corrected chi connectivity index (χ4v) is 11.7. The number of nitrogens with one attached hydrogen (secondary N) is 1. The van der Waals surface area contributed by atoms with Crippen molar-refractivity contribution in [1.29, 1.82) is 0 Å². The molecule has 2 aliphatic heterocycles. The van der Waals surface area contributed by atoms with Crippen molar-refractivity contribution >= 4 is 42.2 Å². The third kappa shape index (κ3) is 12.5. The van der Waals surface area contributed by atoms with Gasteiger partial charge >= 0.3 is 12.2 Å². The summed E-state index contributed by atoms with van der Waals surface area (Å²) in [4.78, 5) is 32.7. The van der Waals surface area contributed by atoms with E-state index in [0.29, 0.717) is 30.3 Å². The zero-order valence-corrected chi connectivity index (χ0v) is 46.0. The quantitative estimate of drug-likeness (QED) is 0.0356. The van der Waals surface area contributed by atoms with Gasteiger partial charge in [0.2, 0.25) is 0 Å². The summed E-state index contributed by atoms with van der Waals surface area (Å²) in [5, 5.41) is 2.41. The van der Waals surface area contributed by atoms with Crippen LogP contribution in [0.5, 0.6) is 23.3 Å². The zero-order chi connectivity index (χ0) is 54.8. The number of benzene rings is 3. The number of anilines is 2. The number of ether oxygens (including phenoxy) is 5. The molecule has 0 spiro atoms. The molecule has 6 aromatic rings. The van der Waals surface area contributed by atoms with Crippen molar-refractivity contribution in [3.8, 4) is 34.5 Å². The van der Waals surface area contributed by atoms with Gasteiger partial charge in [0.05, 0.1) is 41.6 Å². The molecule has 3 aromatic carbocycles. The molecular weight excluding hydrogens is 1040 g/mol. The highest BCUT2D eigenvalue weighted by Crippen LogP contribution is 2.49. The number of nitrogens with two attached hydrogens (primary N) is 1. The number of rotatable bonds is 23. The molecule has 0 bridgehead atoms. The Hall–Kier alpha value is -6.06. The maximum Gasteiger partial charge on any atom is 0.418 e. The van der Waals surface area contributed by atoms with E-state index in [0.717, 1.165) is 46.6 Å². The lowest BCUT2D eigenvalue weighted by atomic mass is 9.95. The third-order valence-corrected chi connectivity index (χ3v) is 16.8. The van der Waals surface area contributed by atoms with Gasteiger partial charge in [-0.2, -0.15) is 18.2 Å². The van der Waals surface area contributed by atoms with Gasteiger partial charge in [-0.25, -0.2) is 23.3 Å². The normalized spacial score (nSPS) is 18.2. The van der Waals surface area contributed by atoms with Crippen LogP contribution in [0, 0.1) is 18.7 Å². The van der Waals surface area contributed by atoms with Crippen LogP contribution in [0.1, 0.15) is 66.0 Å². The molecule has 0 unspecified atom stereocenters. The molecule has 3 aromatic heterocycles. The highest BCUT2D eigenvalue weighted by molar-refractivity contribution is 6.76. The number of fused-ring (bicyclic) bond motifs is 2. The van der Waals surface area contributed by atoms with Crippen molar-refractivity contribution in [3.63, 3.8) is 0 Å². The maximum atomic E-state index is 18.3. The van der Waals surface area contributed by atoms with E-state index in [9.17, 15) is 0 Å². The minimum absolute atomic E-state index is 0.0612. The van der Waals surface area contributed by atoms with Gasteiger partial charge < -0.3 is 39.6 Å². The lowest BCUT2D eigenvalue weighted by Crippen LogP contribution is -2.44. The van der Waals surface area contributed by atoms with E-state index < -0.39 is 75.8 Å². The van der Waals surface area contributed by atoms with Crippen molar-refractivity contribution in [2.45, 2.75) is 108 Å². The second kappa shape index (κ2) is 23.1. The van der Waals surface area contributed by atoms with Crippen molar-refractivity contribution in [3.05, 3.63) is 122 Å². The summed E-state index contributed by atoms with van der Waals surface area (Å²) in [6, 6.07) is 19.6. The van der Waals surface area contributed by atoms with Gasteiger partial charge in [0.25, 0.3) is 5.56 Å². The van der Waals surface area contributed by atoms with Crippen LogP contribution in [0.15, 0.2) is 77.7 Å². The van der Waals surface area contributed by atoms with Crippen molar-refractivity contribution < 1.29 is 45.6 Å². The predicted molar refractivity (Wildman–Crippen MR) is 290 cm³/mol. The Bertz CT molecular complexity index is 3080. The first-order chi connectivity index (χ1) is 36.8. The lowest BCUT2D eigenvalue weighted by molar-refractivity contribution is -0.137. The molecule has 1 aliphatic carbocycles. The molecular formula is C56H66ClF5N8O6Si. The van der Waals surface area contributed by atoms with E-state index in [1.165, 1.54) is 13.0 Å². The fourth-order valence-electron chi connectivity index (χ4n) is 10.6. The average Bonchev–Trinajstić information content (AvgIpc) is 4.19. The van der Waals surface area contributed by atoms with E-state index in [1.807, 2.05) is 35.2 Å². The first-order valence-electron chi connectivity index (χ1n) is 26.0. The Morgan fingerprint density at radius 2 is 1.65 bits per heavy atom. The number of nitrogen functional groups attached to an aromatic ring is 1. The first-order valence-corrected chi connectivity index (χ1v) is 30.1. The number of aryl methyl sites for hydroxylation is 1. The molecule has 3 fully saturated rings. The summed E-state index contributed by atoms with van der Waals surface area (Å²) in [7, 11) is 1.46. The number of methoxy groups -OCH3 is 2. The molecule has 77 heavy (non-hydrogen) atoms. The van der Waals surface area contributed by atoms with E-state index >= 15 is 26.7 Å². The van der Waals surface area contributed by atoms with Crippen LogP contribution in [-0.4, -0.2) is 97.9 Å². The summed E-state index contributed by atoms with van der Waals surface area (Å²) in [5.74, 6) is 0.119. The van der Waals surface area contributed by atoms with Crippen molar-refractivity contribution in [1.82, 2.24) is 29.7 Å². The predicted octanol–water partition coefficient (Wildman–Crippen LogP) is 11.2. The van der Waals surface area contributed by atoms with Crippen LogP contribution in [0.3, 0.4) is 0 Å². The average molecular weight is 1110 g/mol. The number of hydrogen-bond acceptors (Lipinski definition) is 13. The third-order valence-electron chi connectivity index (χ3n) is 14.8. The summed E-state index contributed by atoms with van der Waals surface area (Å²) in [5.41, 5.74) is 3.23. The molecule has 3 atom stereocenters. The summed E-state index contributed by atoms with van der Waals surface area (Å²) in [6.07, 6.45) is -1.12. The Balaban J connectivity index is 1.21. The largest absolute Gasteiger partial charge is 0.497 e. The van der Waals surface area contributed by atoms with E-state index in [-0.39, 0.29) is 88.5 Å². The van der Waals surface area contributed by atoms with E-state index in [1.54, 1.807) is 55.6 Å². The Labute approximate surface area is 451 Å². The number of pyridine rings is 2. The van der Waals surface area contributed by atoms with Crippen molar-refractivity contribution in [2.24, 2.45) is 5.92 Å². The number of nitrogens with zero attached hydrogens (tertiary/aromatic N) is 6. The smallest absolute Gasteiger partial charge is 0.418 e. The molecule has 14 nitrogen and oxygen atoms in total. The SMILES string of the molecule is COc1ccc(CN(Cc2ccc(OC)cc2)c2cc(C)c(C(F)(F)F)c(-c3c(Cl)c(OCCN[C@@H](c4cccnc4N)C4CC4)c4c(=O)n(COCC[Si](C)(C)C)c(OC[C@@]56CCCN5C[C@H](F)C6)nc4c3F)n2)cc1. The van der Waals surface area contributed by atoms with Crippen LogP contribution in [0.25, 0.3) is 22.2 Å². The van der Waals surface area contributed by atoms with Gasteiger partial charge in [-0.15, -0.1) is 0 Å². The van der Waals surface area contributed by atoms with E-state index in [2.05, 4.69) is 34.9 Å². The summed E-state index contributed by atoms with van der Waals surface area (Å²) < 4.78 is 111. The summed E-state index contributed by atoms with van der Waals surface area (Å²) >= 11 is 7.30. The van der Waals surface area contributed by atoms with Gasteiger partial charge in [-0.05, 0) is 104 Å². The molecule has 21 heteroatoms. The molecule has 412 valence electrons. The summed E-state index contributed by atoms with van der Waals surface area (Å²) in [6.45, 7) is 8.74. The number of aromatic nitrogens is 4. The molecule has 1 saturated carbocycles. The van der Waals surface area contributed by atoms with Gasteiger partial charge in [0.1, 0.15) is 60.2 Å². The van der Waals surface area contributed by atoms with Gasteiger partial charge in [-0.3, -0.25) is 9.69 Å². The van der Waals surface area contributed by atoms with Gasteiger partial charge in [-0.1, -0.05) is 61.6 Å². The fraction of sp³-hybridized carbons (Fsp3) is 0.464. The second-order valence-electron chi connectivity index (χ2n) is 21.6. The van der Waals surface area contributed by atoms with E-state index in [4.69, 9.17) is 46.0 Å². The van der Waals surface area contributed by atoms with Crippen LogP contribution in [-0.2, 0) is 30.7 Å². The van der Waals surface area contributed by atoms with Gasteiger partial charge in [0.15, 0.2) is 11.6 Å². The highest BCUT2D eigenvalue weighted by Gasteiger charge is 2.50. The van der Waals surface area contributed by atoms with Crippen molar-refractivity contribution in [2.75, 3.05) is 64.3 Å². The first kappa shape index (κ1) is 55.7. The number of alkyl halides is 4. The molecule has 0 amide bonds. The maximum absolute atomic E-state index is 18.3. The van der Waals surface area contributed by atoms with Crippen LogP contribution < -0.4 is 40.5 Å². The molecule has 3 aliphatic rings. The standard InChI is InChI=1S/C56H66ClF5N8O6Si/c1-34-27-42(68(29-35-10-16-39(72-2)17-11-35)30-36-12-18-40(73-3)19-13-36)66-49(45(34)56(60,61)62)43-46(57)51(75-24-22-64-48(37-14-15-37)41-9-7-21-65-52(41)63)44-50(47(43)59)67-54(70(53(44)71)33-74-25-26-77(4,5)6)76-32-55-20-8-23-69(55)31-38(58)28-55/h7,9-13,16-19,21,27,37-38,48,64H,8,14-15,20,22-26,28-33H2,1-6H3,(H2,63,65)/t38-,48-,55+/m1/s1. The number of halogens is 6. The minimum atomic E-state index is -5.09.